The second-order valence-electron chi connectivity index (χ2n) is 6.77. The number of rotatable bonds is 9. The molecule has 0 spiro atoms. The summed E-state index contributed by atoms with van der Waals surface area (Å²) in [7, 11) is 3.19. The molecule has 1 rings (SSSR count). The van der Waals surface area contributed by atoms with Crippen molar-refractivity contribution in [2.45, 2.75) is 53.0 Å². The number of hydrogen-bond donors (Lipinski definition) is 0. The van der Waals surface area contributed by atoms with Gasteiger partial charge in [-0.25, -0.2) is 4.79 Å². The summed E-state index contributed by atoms with van der Waals surface area (Å²) < 4.78 is 4.77. The van der Waals surface area contributed by atoms with Crippen molar-refractivity contribution in [3.8, 4) is 0 Å². The number of methoxy groups -OCH3 is 1. The molecule has 1 heterocycles. The normalized spacial score (nSPS) is 13.5. The fraction of sp³-hybridized carbons (Fsp3) is 0.435. The molecule has 1 unspecified atom stereocenters. The number of amides is 1. The summed E-state index contributed by atoms with van der Waals surface area (Å²) in [6, 6.07) is 1.89. The Morgan fingerprint density at radius 2 is 1.93 bits per heavy atom. The van der Waals surface area contributed by atoms with E-state index in [4.69, 9.17) is 4.74 Å². The van der Waals surface area contributed by atoms with Crippen LogP contribution in [0.25, 0.3) is 0 Å². The topological polar surface area (TPSA) is 59.5 Å². The predicted octanol–water partition coefficient (Wildman–Crippen LogP) is 4.51. The summed E-state index contributed by atoms with van der Waals surface area (Å²) in [4.78, 5) is 29.4. The van der Waals surface area contributed by atoms with Crippen molar-refractivity contribution in [1.82, 2.24) is 9.88 Å². The number of carbonyl (C=O) groups excluding carboxylic acids is 2. The van der Waals surface area contributed by atoms with Crippen molar-refractivity contribution in [3.05, 3.63) is 65.0 Å². The molecule has 0 radical (unpaired) electrons. The van der Waals surface area contributed by atoms with E-state index in [9.17, 15) is 9.59 Å². The van der Waals surface area contributed by atoms with Gasteiger partial charge in [0.05, 0.1) is 18.7 Å². The van der Waals surface area contributed by atoms with Crippen LogP contribution < -0.4 is 0 Å². The fourth-order valence-electron chi connectivity index (χ4n) is 2.96. The first-order valence-corrected chi connectivity index (χ1v) is 9.63. The number of ether oxygens (including phenoxy) is 1. The van der Waals surface area contributed by atoms with Crippen LogP contribution in [0, 0.1) is 0 Å². The van der Waals surface area contributed by atoms with E-state index < -0.39 is 5.97 Å². The molecular weight excluding hydrogens is 352 g/mol. The molecule has 152 valence electrons. The van der Waals surface area contributed by atoms with Crippen LogP contribution in [0.1, 0.15) is 56.5 Å². The molecule has 5 heteroatoms. The third kappa shape index (κ3) is 7.14. The van der Waals surface area contributed by atoms with Crippen molar-refractivity contribution >= 4 is 11.9 Å². The lowest BCUT2D eigenvalue weighted by Gasteiger charge is -2.27. The van der Waals surface area contributed by atoms with Crippen LogP contribution in [0.5, 0.6) is 0 Å². The van der Waals surface area contributed by atoms with E-state index in [-0.39, 0.29) is 11.9 Å². The van der Waals surface area contributed by atoms with Gasteiger partial charge < -0.3 is 9.64 Å². The van der Waals surface area contributed by atoms with E-state index >= 15 is 0 Å². The van der Waals surface area contributed by atoms with E-state index in [1.165, 1.54) is 13.3 Å². The van der Waals surface area contributed by atoms with Gasteiger partial charge in [-0.2, -0.15) is 0 Å². The maximum absolute atomic E-state index is 11.7. The van der Waals surface area contributed by atoms with Crippen LogP contribution in [-0.4, -0.2) is 42.0 Å². The Balaban J connectivity index is 3.12. The van der Waals surface area contributed by atoms with Gasteiger partial charge in [-0.15, -0.1) is 0 Å². The van der Waals surface area contributed by atoms with E-state index in [0.29, 0.717) is 12.0 Å². The summed E-state index contributed by atoms with van der Waals surface area (Å²) in [6.45, 7) is 7.80. The average Bonchev–Trinajstić information content (AvgIpc) is 2.69. The minimum absolute atomic E-state index is 0.0559. The Hall–Kier alpha value is -2.69. The smallest absolute Gasteiger partial charge is 0.339 e. The van der Waals surface area contributed by atoms with Crippen molar-refractivity contribution in [1.29, 1.82) is 0 Å². The monoisotopic (exact) mass is 384 g/mol. The molecule has 0 saturated heterocycles. The molecule has 0 aliphatic heterocycles. The zero-order chi connectivity index (χ0) is 21.1. The number of esters is 1. The Labute approximate surface area is 168 Å². The highest BCUT2D eigenvalue weighted by Crippen LogP contribution is 2.16. The second-order valence-corrected chi connectivity index (χ2v) is 6.77. The number of carbonyl (C=O) groups is 2. The molecule has 5 nitrogen and oxygen atoms in total. The molecule has 0 bridgehead atoms. The molecule has 0 N–H and O–H groups in total. The first-order chi connectivity index (χ1) is 13.3. The standard InChI is InChI=1S/C23H32N2O3/c1-7-9-10-19(12-11-17(3)22(8-2)25(5)18(4)26)13-20-14-21(16-24-15-20)23(27)28-6/h9-12,14-16,22H,7-8,13H2,1-6H3/b10-9+,17-11+,19-12+. The average molecular weight is 385 g/mol. The Bertz CT molecular complexity index is 763. The van der Waals surface area contributed by atoms with Crippen LogP contribution in [0.15, 0.2) is 53.9 Å². The van der Waals surface area contributed by atoms with Crippen LogP contribution in [0.4, 0.5) is 0 Å². The number of pyridine rings is 1. The molecule has 0 saturated carbocycles. The van der Waals surface area contributed by atoms with Gasteiger partial charge in [0.15, 0.2) is 0 Å². The molecule has 0 aliphatic rings. The van der Waals surface area contributed by atoms with Gasteiger partial charge in [-0.05, 0) is 43.4 Å². The Morgan fingerprint density at radius 3 is 2.50 bits per heavy atom. The minimum Gasteiger partial charge on any atom is -0.465 e. The van der Waals surface area contributed by atoms with Crippen molar-refractivity contribution in [2.75, 3.05) is 14.2 Å². The highest BCUT2D eigenvalue weighted by atomic mass is 16.5. The first-order valence-electron chi connectivity index (χ1n) is 9.63. The molecule has 1 atom stereocenters. The maximum atomic E-state index is 11.7. The molecular formula is C23H32N2O3. The van der Waals surface area contributed by atoms with E-state index in [2.05, 4.69) is 43.1 Å². The first kappa shape index (κ1) is 23.3. The van der Waals surface area contributed by atoms with Gasteiger partial charge in [-0.1, -0.05) is 43.7 Å². The highest BCUT2D eigenvalue weighted by molar-refractivity contribution is 5.89. The predicted molar refractivity (Wildman–Crippen MR) is 113 cm³/mol. The van der Waals surface area contributed by atoms with E-state index in [0.717, 1.165) is 29.6 Å². The van der Waals surface area contributed by atoms with Crippen molar-refractivity contribution in [2.24, 2.45) is 0 Å². The van der Waals surface area contributed by atoms with Gasteiger partial charge in [0.2, 0.25) is 5.91 Å². The molecule has 1 aromatic heterocycles. The second kappa shape index (κ2) is 11.9. The number of allylic oxidation sites excluding steroid dienone is 5. The largest absolute Gasteiger partial charge is 0.465 e. The lowest BCUT2D eigenvalue weighted by atomic mass is 10.0. The van der Waals surface area contributed by atoms with E-state index in [1.54, 1.807) is 24.1 Å². The van der Waals surface area contributed by atoms with Crippen molar-refractivity contribution in [3.63, 3.8) is 0 Å². The Morgan fingerprint density at radius 1 is 1.21 bits per heavy atom. The third-order valence-electron chi connectivity index (χ3n) is 4.63. The van der Waals surface area contributed by atoms with E-state index in [1.807, 2.05) is 14.0 Å². The highest BCUT2D eigenvalue weighted by Gasteiger charge is 2.16. The number of nitrogens with zero attached hydrogens (tertiary/aromatic N) is 2. The minimum atomic E-state index is -0.391. The molecule has 0 fully saturated rings. The van der Waals surface area contributed by atoms with Crippen LogP contribution >= 0.6 is 0 Å². The van der Waals surface area contributed by atoms with Gasteiger partial charge in [-0.3, -0.25) is 9.78 Å². The zero-order valence-electron chi connectivity index (χ0n) is 17.9. The molecule has 1 amide bonds. The summed E-state index contributed by atoms with van der Waals surface area (Å²) in [5.74, 6) is -0.335. The maximum Gasteiger partial charge on any atom is 0.339 e. The lowest BCUT2D eigenvalue weighted by Crippen LogP contribution is -2.35. The quantitative estimate of drug-likeness (QED) is 0.464. The summed E-state index contributed by atoms with van der Waals surface area (Å²) in [5, 5.41) is 0. The molecule has 1 aromatic rings. The zero-order valence-corrected chi connectivity index (χ0v) is 17.9. The van der Waals surface area contributed by atoms with Gasteiger partial charge in [0.25, 0.3) is 0 Å². The Kier molecular flexibility index (Phi) is 9.93. The van der Waals surface area contributed by atoms with Gasteiger partial charge in [0, 0.05) is 26.4 Å². The van der Waals surface area contributed by atoms with Gasteiger partial charge >= 0.3 is 5.97 Å². The van der Waals surface area contributed by atoms with Crippen LogP contribution in [-0.2, 0) is 16.0 Å². The number of aromatic nitrogens is 1. The molecule has 28 heavy (non-hydrogen) atoms. The van der Waals surface area contributed by atoms with Gasteiger partial charge in [0.1, 0.15) is 0 Å². The lowest BCUT2D eigenvalue weighted by molar-refractivity contribution is -0.129. The van der Waals surface area contributed by atoms with Crippen molar-refractivity contribution < 1.29 is 14.3 Å². The SMILES string of the molecule is CC/C=C/C(=C\C=C(/C)C(CC)N(C)C(C)=O)Cc1cncc(C(=O)OC)c1. The summed E-state index contributed by atoms with van der Waals surface area (Å²) in [5.41, 5.74) is 3.61. The third-order valence-corrected chi connectivity index (χ3v) is 4.63. The fourth-order valence-corrected chi connectivity index (χ4v) is 2.96. The van der Waals surface area contributed by atoms with Crippen LogP contribution in [0.3, 0.4) is 0 Å². The molecule has 0 aliphatic carbocycles. The van der Waals surface area contributed by atoms with Crippen LogP contribution in [0.2, 0.25) is 0 Å². The number of hydrogen-bond acceptors (Lipinski definition) is 4. The summed E-state index contributed by atoms with van der Waals surface area (Å²) >= 11 is 0. The number of likely N-dealkylation sites (N-methyl/N-ethyl adjacent to an activating group) is 1. The summed E-state index contributed by atoms with van der Waals surface area (Å²) in [6.07, 6.45) is 14.0. The molecule has 0 aromatic carbocycles.